The Hall–Kier alpha value is -1.19. The predicted molar refractivity (Wildman–Crippen MR) is 71.9 cm³/mol. The van der Waals surface area contributed by atoms with Gasteiger partial charge in [-0.2, -0.15) is 5.10 Å². The van der Waals surface area contributed by atoms with Crippen LogP contribution in [0.15, 0.2) is 30.6 Å². The van der Waals surface area contributed by atoms with Crippen LogP contribution in [0.25, 0.3) is 0 Å². The number of rotatable bonds is 4. The normalized spacial score (nSPS) is 10.5. The van der Waals surface area contributed by atoms with Crippen LogP contribution >= 0.6 is 23.2 Å². The lowest BCUT2D eigenvalue weighted by atomic mass is 10.2. The second-order valence-electron chi connectivity index (χ2n) is 3.80. The Morgan fingerprint density at radius 2 is 2.00 bits per heavy atom. The summed E-state index contributed by atoms with van der Waals surface area (Å²) in [5, 5.41) is 8.64. The van der Waals surface area contributed by atoms with Gasteiger partial charge in [0.2, 0.25) is 0 Å². The number of benzene rings is 1. The molecule has 5 heteroatoms. The van der Waals surface area contributed by atoms with Gasteiger partial charge in [0.05, 0.1) is 21.9 Å². The van der Waals surface area contributed by atoms with Crippen molar-refractivity contribution in [3.05, 3.63) is 46.2 Å². The fourth-order valence-corrected chi connectivity index (χ4v) is 2.13. The zero-order valence-corrected chi connectivity index (χ0v) is 11.0. The van der Waals surface area contributed by atoms with Crippen LogP contribution in [0.2, 0.25) is 10.0 Å². The van der Waals surface area contributed by atoms with E-state index in [2.05, 4.69) is 10.4 Å². The molecular formula is C12H13Cl2N3. The fourth-order valence-electron chi connectivity index (χ4n) is 1.60. The highest BCUT2D eigenvalue weighted by Gasteiger charge is 2.04. The van der Waals surface area contributed by atoms with E-state index >= 15 is 0 Å². The number of halogens is 2. The van der Waals surface area contributed by atoms with Gasteiger partial charge < -0.3 is 5.32 Å². The van der Waals surface area contributed by atoms with Crippen molar-refractivity contribution in [2.24, 2.45) is 7.05 Å². The molecule has 1 N–H and O–H groups in total. The van der Waals surface area contributed by atoms with Gasteiger partial charge in [0.1, 0.15) is 0 Å². The lowest BCUT2D eigenvalue weighted by Gasteiger charge is -2.09. The van der Waals surface area contributed by atoms with E-state index in [9.17, 15) is 0 Å². The summed E-state index contributed by atoms with van der Waals surface area (Å²) in [6, 6.07) is 5.47. The number of anilines is 1. The van der Waals surface area contributed by atoms with Gasteiger partial charge in [-0.1, -0.05) is 29.3 Å². The molecule has 0 saturated heterocycles. The maximum absolute atomic E-state index is 6.05. The molecule has 0 bridgehead atoms. The standard InChI is InChI=1S/C12H13Cl2N3/c1-17-8-9(7-16-17)5-6-15-12-10(13)3-2-4-11(12)14/h2-4,7-8,15H,5-6H2,1H3. The van der Waals surface area contributed by atoms with Crippen LogP contribution in [0.5, 0.6) is 0 Å². The van der Waals surface area contributed by atoms with Crippen LogP contribution in [0.3, 0.4) is 0 Å². The Labute approximate surface area is 110 Å². The van der Waals surface area contributed by atoms with Crippen LogP contribution in [-0.4, -0.2) is 16.3 Å². The topological polar surface area (TPSA) is 29.9 Å². The first kappa shape index (κ1) is 12.3. The first-order chi connectivity index (χ1) is 8.16. The van der Waals surface area contributed by atoms with E-state index in [0.29, 0.717) is 10.0 Å². The van der Waals surface area contributed by atoms with E-state index in [0.717, 1.165) is 18.7 Å². The smallest absolute Gasteiger partial charge is 0.0719 e. The van der Waals surface area contributed by atoms with Crippen molar-refractivity contribution >= 4 is 28.9 Å². The molecule has 0 aliphatic rings. The molecule has 1 heterocycles. The molecule has 0 unspecified atom stereocenters. The molecule has 0 aliphatic carbocycles. The number of aromatic nitrogens is 2. The van der Waals surface area contributed by atoms with Crippen LogP contribution in [0.4, 0.5) is 5.69 Å². The van der Waals surface area contributed by atoms with Crippen molar-refractivity contribution in [2.75, 3.05) is 11.9 Å². The highest BCUT2D eigenvalue weighted by molar-refractivity contribution is 6.39. The van der Waals surface area contributed by atoms with Gasteiger partial charge in [-0.15, -0.1) is 0 Å². The van der Waals surface area contributed by atoms with E-state index in [-0.39, 0.29) is 0 Å². The van der Waals surface area contributed by atoms with E-state index in [1.54, 1.807) is 4.68 Å². The SMILES string of the molecule is Cn1cc(CCNc2c(Cl)cccc2Cl)cn1. The number of aryl methyl sites for hydroxylation is 1. The van der Waals surface area contributed by atoms with Crippen molar-refractivity contribution in [2.45, 2.75) is 6.42 Å². The minimum Gasteiger partial charge on any atom is -0.382 e. The Morgan fingerprint density at radius 3 is 2.59 bits per heavy atom. The molecule has 0 radical (unpaired) electrons. The van der Waals surface area contributed by atoms with Crippen LogP contribution in [-0.2, 0) is 13.5 Å². The molecule has 0 spiro atoms. The average molecular weight is 270 g/mol. The summed E-state index contributed by atoms with van der Waals surface area (Å²) in [6.45, 7) is 0.773. The molecule has 90 valence electrons. The van der Waals surface area contributed by atoms with E-state index in [4.69, 9.17) is 23.2 Å². The number of hydrogen-bond acceptors (Lipinski definition) is 2. The number of hydrogen-bond donors (Lipinski definition) is 1. The van der Waals surface area contributed by atoms with Crippen molar-refractivity contribution in [3.63, 3.8) is 0 Å². The van der Waals surface area contributed by atoms with E-state index in [1.807, 2.05) is 37.6 Å². The lowest BCUT2D eigenvalue weighted by molar-refractivity contribution is 0.767. The Morgan fingerprint density at radius 1 is 1.29 bits per heavy atom. The Kier molecular flexibility index (Phi) is 3.92. The quantitative estimate of drug-likeness (QED) is 0.923. The summed E-state index contributed by atoms with van der Waals surface area (Å²) >= 11 is 12.1. The molecule has 0 saturated carbocycles. The zero-order chi connectivity index (χ0) is 12.3. The summed E-state index contributed by atoms with van der Waals surface area (Å²) in [5.41, 5.74) is 1.97. The molecule has 0 amide bonds. The summed E-state index contributed by atoms with van der Waals surface area (Å²) in [4.78, 5) is 0. The summed E-state index contributed by atoms with van der Waals surface area (Å²) in [7, 11) is 1.90. The fraction of sp³-hybridized carbons (Fsp3) is 0.250. The van der Waals surface area contributed by atoms with Gasteiger partial charge in [-0.05, 0) is 24.1 Å². The predicted octanol–water partition coefficient (Wildman–Crippen LogP) is 3.38. The van der Waals surface area contributed by atoms with Gasteiger partial charge in [-0.3, -0.25) is 4.68 Å². The monoisotopic (exact) mass is 269 g/mol. The molecule has 0 aliphatic heterocycles. The number of para-hydroxylation sites is 1. The molecular weight excluding hydrogens is 257 g/mol. The first-order valence-electron chi connectivity index (χ1n) is 5.32. The maximum atomic E-state index is 6.05. The van der Waals surface area contributed by atoms with Crippen LogP contribution < -0.4 is 5.32 Å². The highest BCUT2D eigenvalue weighted by atomic mass is 35.5. The number of nitrogens with one attached hydrogen (secondary N) is 1. The van der Waals surface area contributed by atoms with E-state index < -0.39 is 0 Å². The molecule has 1 aromatic heterocycles. The third kappa shape index (κ3) is 3.14. The number of nitrogens with zero attached hydrogens (tertiary/aromatic N) is 2. The van der Waals surface area contributed by atoms with E-state index in [1.165, 1.54) is 5.56 Å². The maximum Gasteiger partial charge on any atom is 0.0719 e. The molecule has 0 fully saturated rings. The second kappa shape index (κ2) is 5.43. The third-order valence-electron chi connectivity index (χ3n) is 2.44. The average Bonchev–Trinajstić information content (AvgIpc) is 2.69. The summed E-state index contributed by atoms with van der Waals surface area (Å²) < 4.78 is 1.79. The third-order valence-corrected chi connectivity index (χ3v) is 3.07. The molecule has 17 heavy (non-hydrogen) atoms. The molecule has 1 aromatic carbocycles. The Bertz CT molecular complexity index is 488. The Balaban J connectivity index is 1.94. The molecule has 0 atom stereocenters. The zero-order valence-electron chi connectivity index (χ0n) is 9.45. The van der Waals surface area contributed by atoms with Crippen LogP contribution in [0.1, 0.15) is 5.56 Å². The minimum absolute atomic E-state index is 0.642. The van der Waals surface area contributed by atoms with Crippen molar-refractivity contribution in [1.29, 1.82) is 0 Å². The molecule has 2 rings (SSSR count). The molecule has 2 aromatic rings. The lowest BCUT2D eigenvalue weighted by Crippen LogP contribution is -2.05. The largest absolute Gasteiger partial charge is 0.382 e. The van der Waals surface area contributed by atoms with Gasteiger partial charge >= 0.3 is 0 Å². The van der Waals surface area contributed by atoms with Crippen molar-refractivity contribution < 1.29 is 0 Å². The summed E-state index contributed by atoms with van der Waals surface area (Å²) in [5.74, 6) is 0. The van der Waals surface area contributed by atoms with Gasteiger partial charge in [0.25, 0.3) is 0 Å². The van der Waals surface area contributed by atoms with Crippen LogP contribution in [0, 0.1) is 0 Å². The van der Waals surface area contributed by atoms with Gasteiger partial charge in [0, 0.05) is 19.8 Å². The first-order valence-corrected chi connectivity index (χ1v) is 6.08. The van der Waals surface area contributed by atoms with Gasteiger partial charge in [-0.25, -0.2) is 0 Å². The minimum atomic E-state index is 0.642. The summed E-state index contributed by atoms with van der Waals surface area (Å²) in [6.07, 6.45) is 4.74. The second-order valence-corrected chi connectivity index (χ2v) is 4.61. The van der Waals surface area contributed by atoms with Crippen molar-refractivity contribution in [3.8, 4) is 0 Å². The highest BCUT2D eigenvalue weighted by Crippen LogP contribution is 2.29. The van der Waals surface area contributed by atoms with Gasteiger partial charge in [0.15, 0.2) is 0 Å². The molecule has 3 nitrogen and oxygen atoms in total. The van der Waals surface area contributed by atoms with Crippen molar-refractivity contribution in [1.82, 2.24) is 9.78 Å².